The summed E-state index contributed by atoms with van der Waals surface area (Å²) in [5, 5.41) is 52.7. The quantitative estimate of drug-likeness (QED) is 0.0274. The third-order valence-corrected chi connectivity index (χ3v) is 16.1. The van der Waals surface area contributed by atoms with Crippen LogP contribution in [0.15, 0.2) is 25.0 Å². The van der Waals surface area contributed by atoms with E-state index in [1.165, 1.54) is 43.8 Å². The molecular formula is C63H101N21O19. The Morgan fingerprint density at radius 2 is 0.981 bits per heavy atom. The van der Waals surface area contributed by atoms with Crippen molar-refractivity contribution in [1.29, 1.82) is 0 Å². The molecule has 15 amide bonds. The van der Waals surface area contributed by atoms with E-state index < -0.39 is 225 Å². The first kappa shape index (κ1) is 86.6. The molecule has 1 fully saturated rings. The minimum atomic E-state index is -1.65. The Bertz CT molecular complexity index is 3240. The Labute approximate surface area is 594 Å². The fourth-order valence-electron chi connectivity index (χ4n) is 10.3. The molecule has 0 bridgehead atoms. The molecule has 0 saturated carbocycles. The molecule has 0 aliphatic carbocycles. The van der Waals surface area contributed by atoms with E-state index in [4.69, 9.17) is 16.6 Å². The minimum absolute atomic E-state index is 0.00302. The molecule has 0 unspecified atom stereocenters. The van der Waals surface area contributed by atoms with Crippen LogP contribution in [0.2, 0.25) is 0 Å². The van der Waals surface area contributed by atoms with E-state index in [-0.39, 0.29) is 63.2 Å². The molecule has 3 heterocycles. The minimum Gasteiger partial charge on any atom is -0.481 e. The van der Waals surface area contributed by atoms with Gasteiger partial charge in [-0.1, -0.05) is 48.0 Å². The molecule has 0 radical (unpaired) electrons. The number of nitrogens with one attached hydrogen (secondary N) is 16. The van der Waals surface area contributed by atoms with Crippen molar-refractivity contribution in [3.63, 3.8) is 0 Å². The van der Waals surface area contributed by atoms with Crippen LogP contribution in [0.3, 0.4) is 0 Å². The number of imidazole rings is 2. The van der Waals surface area contributed by atoms with Crippen molar-refractivity contribution in [2.45, 2.75) is 186 Å². The maximum Gasteiger partial charge on any atom is 0.322 e. The van der Waals surface area contributed by atoms with Gasteiger partial charge < -0.3 is 111 Å². The predicted molar refractivity (Wildman–Crippen MR) is 363 cm³/mol. The lowest BCUT2D eigenvalue weighted by Gasteiger charge is -2.30. The molecule has 11 atom stereocenters. The molecule has 40 heteroatoms. The van der Waals surface area contributed by atoms with Gasteiger partial charge in [0.1, 0.15) is 60.9 Å². The number of unbranched alkanes of at least 4 members (excludes halogenated alkanes) is 1. The van der Waals surface area contributed by atoms with Crippen LogP contribution in [0.5, 0.6) is 0 Å². The number of aromatic nitrogens is 4. The van der Waals surface area contributed by atoms with Gasteiger partial charge >= 0.3 is 11.9 Å². The van der Waals surface area contributed by atoms with Crippen LogP contribution in [-0.2, 0) is 94.3 Å². The summed E-state index contributed by atoms with van der Waals surface area (Å²) in [4.78, 5) is 239. The molecule has 0 aromatic carbocycles. The SMILES string of the molecule is CC[C@H](C)[C@H](NC(=O)CNC(=O)[C@@H](NC(=O)CNC(=O)[C@H](CC(C)C)NC(=O)[C@@H]1CCCN1C(=O)[C@H](Cc1c[nH]cn1)NC(=O)[C@H](CCC(=O)O)NC(=O)CNC(=O)[C@H](CCCCN)NC(=O)[C@H](Cc1c[nH]cn1)NC(=O)CNC(=O)[C@H](C)N)C(C)C)C(=O)NCC(=O)N[C@@H](C)C(=O)NCC(=O)O. The van der Waals surface area contributed by atoms with Gasteiger partial charge in [0.2, 0.25) is 88.6 Å². The van der Waals surface area contributed by atoms with Gasteiger partial charge in [-0.15, -0.1) is 0 Å². The van der Waals surface area contributed by atoms with E-state index in [0.29, 0.717) is 25.0 Å². The molecule has 572 valence electrons. The van der Waals surface area contributed by atoms with Crippen molar-refractivity contribution >= 4 is 101 Å². The van der Waals surface area contributed by atoms with Crippen molar-refractivity contribution in [2.24, 2.45) is 29.2 Å². The van der Waals surface area contributed by atoms with Crippen LogP contribution in [0, 0.1) is 17.8 Å². The van der Waals surface area contributed by atoms with E-state index in [1.54, 1.807) is 41.5 Å². The molecule has 2 aromatic rings. The first-order chi connectivity index (χ1) is 48.6. The Morgan fingerprint density at radius 3 is 1.49 bits per heavy atom. The van der Waals surface area contributed by atoms with Gasteiger partial charge in [-0.3, -0.25) is 81.5 Å². The van der Waals surface area contributed by atoms with Gasteiger partial charge in [0.05, 0.1) is 62.8 Å². The standard InChI is InChI=1S/C63H101N21O19/c1-9-34(6)53(62(102)72-24-45(85)76-36(8)55(95)73-29-51(92)93)83-49(89)28-71-61(101)52(33(4)5)82-48(88)27-70-57(97)41(19-32(2)3)80-60(100)44-14-12-18-84(44)63(103)43(21-38-23-67-31-75-38)81-58(98)40(15-16-50(90)91)77-46(86)26-69-56(96)39(13-10-11-17-64)79-59(99)42(20-37-22-66-30-74-37)78-47(87)25-68-54(94)35(7)65/h22-23,30-36,39-44,52-53H,9-21,24-29,64-65H2,1-8H3,(H,66,74)(H,67,75)(H,68,94)(H,69,96)(H,70,97)(H,71,101)(H,72,102)(H,73,95)(H,76,85)(H,77,86)(H,78,87)(H,79,99)(H,80,100)(H,81,98)(H,82,88)(H,83,89)(H,90,91)(H,92,93)/t34-,35-,36-,39-,40-,41-,42-,43-,44-,52-,53-/m0/s1. The number of carboxylic acids is 2. The molecule has 2 aromatic heterocycles. The fourth-order valence-corrected chi connectivity index (χ4v) is 10.3. The van der Waals surface area contributed by atoms with Crippen LogP contribution >= 0.6 is 0 Å². The second kappa shape index (κ2) is 44.6. The lowest BCUT2D eigenvalue weighted by Crippen LogP contribution is -2.59. The summed E-state index contributed by atoms with van der Waals surface area (Å²) in [7, 11) is 0. The molecule has 1 aliphatic rings. The van der Waals surface area contributed by atoms with E-state index >= 15 is 0 Å². The van der Waals surface area contributed by atoms with Crippen LogP contribution < -0.4 is 85.9 Å². The smallest absolute Gasteiger partial charge is 0.322 e. The Hall–Kier alpha value is -10.7. The number of hydrogen-bond acceptors (Lipinski definition) is 21. The van der Waals surface area contributed by atoms with Gasteiger partial charge in [0, 0.05) is 38.2 Å². The zero-order valence-corrected chi connectivity index (χ0v) is 59.1. The highest BCUT2D eigenvalue weighted by molar-refractivity contribution is 5.99. The molecule has 0 spiro atoms. The molecule has 103 heavy (non-hydrogen) atoms. The van der Waals surface area contributed by atoms with Gasteiger partial charge in [-0.2, -0.15) is 0 Å². The zero-order chi connectivity index (χ0) is 77.0. The lowest BCUT2D eigenvalue weighted by atomic mass is 9.98. The summed E-state index contributed by atoms with van der Waals surface area (Å²) in [5.41, 5.74) is 11.9. The number of carbonyl (C=O) groups excluding carboxylic acids is 15. The normalized spacial score (nSPS) is 15.4. The van der Waals surface area contributed by atoms with Gasteiger partial charge in [0.25, 0.3) is 0 Å². The Kier molecular flexibility index (Phi) is 37.4. The highest BCUT2D eigenvalue weighted by atomic mass is 16.4. The number of nitrogens with zero attached hydrogens (tertiary/aromatic N) is 3. The highest BCUT2D eigenvalue weighted by Crippen LogP contribution is 2.21. The second-order valence-corrected chi connectivity index (χ2v) is 25.5. The molecule has 3 rings (SSSR count). The molecule has 1 aliphatic heterocycles. The summed E-state index contributed by atoms with van der Waals surface area (Å²) in [6.07, 6.45) is 5.47. The van der Waals surface area contributed by atoms with Gasteiger partial charge in [0.15, 0.2) is 0 Å². The van der Waals surface area contributed by atoms with E-state index in [0.717, 1.165) is 0 Å². The van der Waals surface area contributed by atoms with Gasteiger partial charge in [-0.25, -0.2) is 9.97 Å². The Balaban J connectivity index is 1.70. The summed E-state index contributed by atoms with van der Waals surface area (Å²) >= 11 is 0. The number of hydrogen-bond donors (Lipinski definition) is 20. The fraction of sp³-hybridized carbons (Fsp3) is 0.635. The number of rotatable bonds is 46. The number of likely N-dealkylation sites (tertiary alicyclic amines) is 1. The summed E-state index contributed by atoms with van der Waals surface area (Å²) in [6, 6.07) is -12.8. The highest BCUT2D eigenvalue weighted by Gasteiger charge is 2.41. The summed E-state index contributed by atoms with van der Waals surface area (Å²) in [5.74, 6) is -16.3. The van der Waals surface area contributed by atoms with Crippen molar-refractivity contribution in [3.8, 4) is 0 Å². The number of aromatic amines is 2. The van der Waals surface area contributed by atoms with Gasteiger partial charge in [-0.05, 0) is 83.1 Å². The molecule has 22 N–H and O–H groups in total. The summed E-state index contributed by atoms with van der Waals surface area (Å²) < 4.78 is 0. The third kappa shape index (κ3) is 31.8. The molecule has 40 nitrogen and oxygen atoms in total. The average Bonchev–Trinajstić information content (AvgIpc) is 1.72. The van der Waals surface area contributed by atoms with Crippen LogP contribution in [0.4, 0.5) is 0 Å². The first-order valence-electron chi connectivity index (χ1n) is 33.8. The summed E-state index contributed by atoms with van der Waals surface area (Å²) in [6.45, 7) is 9.04. The van der Waals surface area contributed by atoms with Crippen molar-refractivity contribution in [1.82, 2.24) is 99.3 Å². The number of H-pyrrole nitrogens is 2. The number of carbonyl (C=O) groups is 17. The van der Waals surface area contributed by atoms with E-state index in [1.807, 2.05) is 0 Å². The van der Waals surface area contributed by atoms with Crippen LogP contribution in [0.1, 0.15) is 125 Å². The topological polar surface area (TPSA) is 612 Å². The van der Waals surface area contributed by atoms with Crippen molar-refractivity contribution in [3.05, 3.63) is 36.4 Å². The number of nitrogens with two attached hydrogens (primary N) is 2. The third-order valence-electron chi connectivity index (χ3n) is 16.1. The van der Waals surface area contributed by atoms with Crippen molar-refractivity contribution < 1.29 is 91.7 Å². The largest absolute Gasteiger partial charge is 0.481 e. The van der Waals surface area contributed by atoms with E-state index in [2.05, 4.69) is 94.4 Å². The first-order valence-corrected chi connectivity index (χ1v) is 33.8. The number of carboxylic acid groups (broad SMARTS) is 2. The number of aliphatic carboxylic acids is 2. The maximum absolute atomic E-state index is 14.7. The maximum atomic E-state index is 14.7. The average molecular weight is 1460 g/mol. The lowest BCUT2D eigenvalue weighted by molar-refractivity contribution is -0.142. The van der Waals surface area contributed by atoms with Crippen LogP contribution in [0.25, 0.3) is 0 Å². The van der Waals surface area contributed by atoms with Crippen molar-refractivity contribution in [2.75, 3.05) is 52.4 Å². The van der Waals surface area contributed by atoms with E-state index in [9.17, 15) is 86.6 Å². The molecule has 1 saturated heterocycles. The predicted octanol–water partition coefficient (Wildman–Crippen LogP) is -7.32. The Morgan fingerprint density at radius 1 is 0.515 bits per heavy atom. The monoisotopic (exact) mass is 1460 g/mol. The zero-order valence-electron chi connectivity index (χ0n) is 59.1. The molecular weight excluding hydrogens is 1350 g/mol. The second-order valence-electron chi connectivity index (χ2n) is 25.5. The number of amides is 15. The van der Waals surface area contributed by atoms with Crippen LogP contribution in [-0.4, -0.2) is 248 Å².